The van der Waals surface area contributed by atoms with Crippen LogP contribution >= 0.6 is 0 Å². The molecule has 0 spiro atoms. The maximum atomic E-state index is 11.9. The minimum atomic E-state index is -0.361. The third-order valence-corrected chi connectivity index (χ3v) is 2.91. The number of hydrogen-bond donors (Lipinski definition) is 2. The van der Waals surface area contributed by atoms with Gasteiger partial charge in [0.25, 0.3) is 5.91 Å². The van der Waals surface area contributed by atoms with Crippen LogP contribution in [-0.2, 0) is 6.54 Å². The quantitative estimate of drug-likeness (QED) is 0.420. The van der Waals surface area contributed by atoms with Crippen molar-refractivity contribution in [1.82, 2.24) is 15.0 Å². The number of nitrogens with zero attached hydrogens (tertiary/aromatic N) is 2. The van der Waals surface area contributed by atoms with Crippen molar-refractivity contribution in [3.05, 3.63) is 54.3 Å². The van der Waals surface area contributed by atoms with Crippen molar-refractivity contribution in [2.45, 2.75) is 6.54 Å². The highest BCUT2D eigenvalue weighted by molar-refractivity contribution is 6.07. The number of rotatable bonds is 3. The minimum absolute atomic E-state index is 0.361. The molecule has 3 aromatic rings. The Morgan fingerprint density at radius 2 is 2.26 bits per heavy atom. The van der Waals surface area contributed by atoms with Crippen molar-refractivity contribution in [2.24, 2.45) is 5.84 Å². The summed E-state index contributed by atoms with van der Waals surface area (Å²) in [6.45, 7) is 0.428. The van der Waals surface area contributed by atoms with Gasteiger partial charge in [0.1, 0.15) is 11.3 Å². The zero-order valence-electron chi connectivity index (χ0n) is 10.0. The van der Waals surface area contributed by atoms with Crippen LogP contribution in [0.1, 0.15) is 16.1 Å². The number of hydrogen-bond acceptors (Lipinski definition) is 4. The summed E-state index contributed by atoms with van der Waals surface area (Å²) in [7, 11) is 0. The lowest BCUT2D eigenvalue weighted by atomic mass is 10.1. The second-order valence-electron chi connectivity index (χ2n) is 4.10. The number of furan rings is 1. The Morgan fingerprint density at radius 3 is 3.00 bits per heavy atom. The second kappa shape index (κ2) is 4.58. The van der Waals surface area contributed by atoms with E-state index in [0.29, 0.717) is 23.5 Å². The monoisotopic (exact) mass is 256 g/mol. The van der Waals surface area contributed by atoms with Crippen LogP contribution in [0.25, 0.3) is 11.0 Å². The average molecular weight is 256 g/mol. The van der Waals surface area contributed by atoms with Gasteiger partial charge in [0.15, 0.2) is 0 Å². The number of para-hydroxylation sites is 1. The molecule has 19 heavy (non-hydrogen) atoms. The fourth-order valence-electron chi connectivity index (χ4n) is 2.07. The van der Waals surface area contributed by atoms with Gasteiger partial charge < -0.3 is 8.98 Å². The van der Waals surface area contributed by atoms with Gasteiger partial charge in [-0.25, -0.2) is 10.8 Å². The first-order valence-corrected chi connectivity index (χ1v) is 5.76. The molecule has 1 aromatic carbocycles. The molecular weight excluding hydrogens is 244 g/mol. The van der Waals surface area contributed by atoms with E-state index >= 15 is 0 Å². The predicted molar refractivity (Wildman–Crippen MR) is 69.2 cm³/mol. The van der Waals surface area contributed by atoms with Crippen LogP contribution in [0.15, 0.2) is 47.4 Å². The number of nitrogens with two attached hydrogens (primary N) is 1. The highest BCUT2D eigenvalue weighted by Gasteiger charge is 2.19. The van der Waals surface area contributed by atoms with Gasteiger partial charge in [-0.1, -0.05) is 18.2 Å². The fourth-order valence-corrected chi connectivity index (χ4v) is 2.07. The Labute approximate surface area is 108 Å². The molecule has 0 radical (unpaired) electrons. The molecule has 2 heterocycles. The molecule has 1 amide bonds. The number of carbonyl (C=O) groups is 1. The SMILES string of the molecule is NNC(=O)c1c(Cn2ccnc2)oc2ccccc12. The van der Waals surface area contributed by atoms with Crippen molar-refractivity contribution in [3.63, 3.8) is 0 Å². The van der Waals surface area contributed by atoms with Gasteiger partial charge in [-0.15, -0.1) is 0 Å². The maximum absolute atomic E-state index is 11.9. The molecule has 0 unspecified atom stereocenters. The van der Waals surface area contributed by atoms with Gasteiger partial charge >= 0.3 is 0 Å². The largest absolute Gasteiger partial charge is 0.458 e. The Bertz CT molecular complexity index is 715. The number of hydrazine groups is 1. The van der Waals surface area contributed by atoms with E-state index in [2.05, 4.69) is 10.4 Å². The summed E-state index contributed by atoms with van der Waals surface area (Å²) < 4.78 is 7.55. The summed E-state index contributed by atoms with van der Waals surface area (Å²) in [5, 5.41) is 0.751. The number of nitrogens with one attached hydrogen (secondary N) is 1. The van der Waals surface area contributed by atoms with Gasteiger partial charge in [0, 0.05) is 17.8 Å². The molecule has 0 saturated heterocycles. The van der Waals surface area contributed by atoms with Gasteiger partial charge in [0.05, 0.1) is 18.4 Å². The van der Waals surface area contributed by atoms with Crippen LogP contribution in [-0.4, -0.2) is 15.5 Å². The van der Waals surface area contributed by atoms with Crippen LogP contribution in [0.5, 0.6) is 0 Å². The molecule has 0 bridgehead atoms. The Kier molecular flexibility index (Phi) is 2.77. The predicted octanol–water partition coefficient (Wildman–Crippen LogP) is 1.28. The lowest BCUT2D eigenvalue weighted by Crippen LogP contribution is -2.30. The first kappa shape index (κ1) is 11.5. The number of amides is 1. The van der Waals surface area contributed by atoms with Crippen molar-refractivity contribution >= 4 is 16.9 Å². The fraction of sp³-hybridized carbons (Fsp3) is 0.0769. The van der Waals surface area contributed by atoms with Crippen molar-refractivity contribution in [3.8, 4) is 0 Å². The molecule has 0 aliphatic carbocycles. The third-order valence-electron chi connectivity index (χ3n) is 2.91. The van der Waals surface area contributed by atoms with Crippen LogP contribution < -0.4 is 11.3 Å². The van der Waals surface area contributed by atoms with Gasteiger partial charge in [-0.3, -0.25) is 10.2 Å². The number of carbonyl (C=O) groups excluding carboxylic acids is 1. The lowest BCUT2D eigenvalue weighted by Gasteiger charge is -2.02. The second-order valence-corrected chi connectivity index (χ2v) is 4.10. The zero-order chi connectivity index (χ0) is 13.2. The lowest BCUT2D eigenvalue weighted by molar-refractivity contribution is 0.0953. The van der Waals surface area contributed by atoms with E-state index in [1.165, 1.54) is 0 Å². The number of aromatic nitrogens is 2. The standard InChI is InChI=1S/C13H12N4O2/c14-16-13(18)12-9-3-1-2-4-10(9)19-11(12)7-17-6-5-15-8-17/h1-6,8H,7,14H2,(H,16,18). The van der Waals surface area contributed by atoms with E-state index in [4.69, 9.17) is 10.3 Å². The van der Waals surface area contributed by atoms with Crippen molar-refractivity contribution in [1.29, 1.82) is 0 Å². The first-order chi connectivity index (χ1) is 9.29. The van der Waals surface area contributed by atoms with Crippen LogP contribution in [0, 0.1) is 0 Å². The molecule has 3 rings (SSSR count). The number of imidazole rings is 1. The summed E-state index contributed by atoms with van der Waals surface area (Å²) in [6, 6.07) is 7.37. The molecule has 0 aliphatic rings. The van der Waals surface area contributed by atoms with Crippen molar-refractivity contribution in [2.75, 3.05) is 0 Å². The van der Waals surface area contributed by atoms with E-state index in [-0.39, 0.29) is 5.91 Å². The van der Waals surface area contributed by atoms with Crippen LogP contribution in [0.2, 0.25) is 0 Å². The van der Waals surface area contributed by atoms with Crippen molar-refractivity contribution < 1.29 is 9.21 Å². The van der Waals surface area contributed by atoms with Crippen LogP contribution in [0.3, 0.4) is 0 Å². The van der Waals surface area contributed by atoms with E-state index in [9.17, 15) is 4.79 Å². The topological polar surface area (TPSA) is 86.1 Å². The molecule has 6 nitrogen and oxygen atoms in total. The normalized spacial score (nSPS) is 10.8. The molecule has 2 aromatic heterocycles. The summed E-state index contributed by atoms with van der Waals surface area (Å²) in [5.74, 6) is 5.43. The van der Waals surface area contributed by atoms with E-state index in [1.807, 2.05) is 28.8 Å². The van der Waals surface area contributed by atoms with E-state index in [1.54, 1.807) is 18.7 Å². The third kappa shape index (κ3) is 1.98. The molecule has 0 fully saturated rings. The Hall–Kier alpha value is -2.60. The highest BCUT2D eigenvalue weighted by Crippen LogP contribution is 2.26. The van der Waals surface area contributed by atoms with E-state index < -0.39 is 0 Å². The Balaban J connectivity index is 2.14. The summed E-state index contributed by atoms with van der Waals surface area (Å²) in [5.41, 5.74) is 3.28. The van der Waals surface area contributed by atoms with Gasteiger partial charge in [-0.05, 0) is 6.07 Å². The average Bonchev–Trinajstić information content (AvgIpc) is 3.05. The molecule has 0 aliphatic heterocycles. The molecule has 0 atom stereocenters. The summed E-state index contributed by atoms with van der Waals surface area (Å²) in [6.07, 6.45) is 5.14. The first-order valence-electron chi connectivity index (χ1n) is 5.76. The maximum Gasteiger partial charge on any atom is 0.269 e. The molecule has 3 N–H and O–H groups in total. The van der Waals surface area contributed by atoms with Gasteiger partial charge in [0.2, 0.25) is 0 Å². The number of benzene rings is 1. The zero-order valence-corrected chi connectivity index (χ0v) is 10.0. The van der Waals surface area contributed by atoms with Crippen LogP contribution in [0.4, 0.5) is 0 Å². The summed E-state index contributed by atoms with van der Waals surface area (Å²) >= 11 is 0. The number of nitrogen functional groups attached to an aromatic ring is 1. The molecular formula is C13H12N4O2. The molecule has 96 valence electrons. The number of fused-ring (bicyclic) bond motifs is 1. The van der Waals surface area contributed by atoms with E-state index in [0.717, 1.165) is 5.39 Å². The van der Waals surface area contributed by atoms with Gasteiger partial charge in [-0.2, -0.15) is 0 Å². The molecule has 0 saturated carbocycles. The molecule has 6 heteroatoms. The minimum Gasteiger partial charge on any atom is -0.458 e. The Morgan fingerprint density at radius 1 is 1.42 bits per heavy atom. The highest BCUT2D eigenvalue weighted by atomic mass is 16.3. The summed E-state index contributed by atoms with van der Waals surface area (Å²) in [4.78, 5) is 15.9. The smallest absolute Gasteiger partial charge is 0.269 e.